The molecule has 1 aromatic heterocycles. The van der Waals surface area contributed by atoms with E-state index in [0.29, 0.717) is 22.3 Å². The van der Waals surface area contributed by atoms with Crippen LogP contribution in [0.3, 0.4) is 0 Å². The fraction of sp³-hybridized carbons (Fsp3) is 0.396. The number of halogens is 1. The van der Waals surface area contributed by atoms with Crippen molar-refractivity contribution < 1.29 is 71.3 Å². The molecular formula is C48H55FN4O14S. The number of aromatic nitrogens is 1. The van der Waals surface area contributed by atoms with Gasteiger partial charge in [0.05, 0.1) is 29.9 Å². The third-order valence-corrected chi connectivity index (χ3v) is 12.8. The molecular weight excluding hydrogens is 908 g/mol. The second-order valence-corrected chi connectivity index (χ2v) is 18.6. The molecule has 68 heavy (non-hydrogen) atoms. The number of ketones is 4. The number of carboxylic acids is 3. The smallest absolute Gasteiger partial charge is 0.305 e. The number of carboxylic acid groups (broad SMARTS) is 3. The Labute approximate surface area is 391 Å². The van der Waals surface area contributed by atoms with Crippen molar-refractivity contribution in [3.8, 4) is 0 Å². The van der Waals surface area contributed by atoms with Crippen LogP contribution in [0, 0.1) is 37.4 Å². The van der Waals surface area contributed by atoms with Crippen molar-refractivity contribution in [1.29, 1.82) is 0 Å². The predicted molar refractivity (Wildman–Crippen MR) is 243 cm³/mol. The molecule has 20 heteroatoms. The van der Waals surface area contributed by atoms with Gasteiger partial charge in [-0.05, 0) is 92.6 Å². The highest BCUT2D eigenvalue weighted by Crippen LogP contribution is 2.24. The van der Waals surface area contributed by atoms with Gasteiger partial charge in [0.2, 0.25) is 21.8 Å². The average Bonchev–Trinajstić information content (AvgIpc) is 3.66. The molecule has 0 bridgehead atoms. The number of H-pyrrole nitrogens is 1. The molecule has 4 aromatic rings. The number of benzene rings is 3. The van der Waals surface area contributed by atoms with Gasteiger partial charge in [-0.25, -0.2) is 17.5 Å². The Morgan fingerprint density at radius 3 is 1.91 bits per heavy atom. The van der Waals surface area contributed by atoms with E-state index in [1.54, 1.807) is 50.4 Å². The summed E-state index contributed by atoms with van der Waals surface area (Å²) in [6, 6.07) is 13.5. The van der Waals surface area contributed by atoms with Crippen LogP contribution in [0.4, 0.5) is 4.39 Å². The molecule has 364 valence electrons. The van der Waals surface area contributed by atoms with Crippen molar-refractivity contribution in [2.75, 3.05) is 6.54 Å². The number of sulfonamides is 1. The van der Waals surface area contributed by atoms with Crippen LogP contribution in [-0.4, -0.2) is 100 Å². The first-order valence-corrected chi connectivity index (χ1v) is 23.2. The minimum absolute atomic E-state index is 0.0777. The topological polar surface area (TPSA) is 300 Å². The first-order chi connectivity index (χ1) is 32.0. The van der Waals surface area contributed by atoms with E-state index in [2.05, 4.69) is 20.3 Å². The summed E-state index contributed by atoms with van der Waals surface area (Å²) in [4.78, 5) is 119. The van der Waals surface area contributed by atoms with Crippen molar-refractivity contribution in [2.45, 2.75) is 102 Å². The maximum Gasteiger partial charge on any atom is 0.305 e. The van der Waals surface area contributed by atoms with E-state index in [4.69, 9.17) is 0 Å². The fourth-order valence-electron chi connectivity index (χ4n) is 7.82. The molecule has 7 N–H and O–H groups in total. The van der Waals surface area contributed by atoms with Crippen molar-refractivity contribution in [1.82, 2.24) is 20.3 Å². The van der Waals surface area contributed by atoms with Crippen molar-refractivity contribution in [2.24, 2.45) is 17.8 Å². The molecule has 0 unspecified atom stereocenters. The van der Waals surface area contributed by atoms with E-state index in [1.165, 1.54) is 37.3 Å². The first-order valence-electron chi connectivity index (χ1n) is 21.7. The molecule has 18 nitrogen and oxygen atoms in total. The minimum Gasteiger partial charge on any atom is -0.481 e. The lowest BCUT2D eigenvalue weighted by Gasteiger charge is -2.24. The average molecular weight is 963 g/mol. The van der Waals surface area contributed by atoms with E-state index >= 15 is 0 Å². The van der Waals surface area contributed by atoms with E-state index in [0.717, 1.165) is 17.0 Å². The number of nitrogens with one attached hydrogen (secondary N) is 4. The highest BCUT2D eigenvalue weighted by molar-refractivity contribution is 7.89. The molecule has 4 rings (SSSR count). The summed E-state index contributed by atoms with van der Waals surface area (Å²) >= 11 is 0. The number of fused-ring (bicyclic) bond motifs is 1. The Balaban J connectivity index is 1.56. The molecule has 0 radical (unpaired) electrons. The number of amides is 2. The van der Waals surface area contributed by atoms with Crippen LogP contribution in [0.5, 0.6) is 0 Å². The molecule has 0 saturated carbocycles. The van der Waals surface area contributed by atoms with Crippen molar-refractivity contribution >= 4 is 73.8 Å². The summed E-state index contributed by atoms with van der Waals surface area (Å²) in [6.45, 7) is 3.74. The summed E-state index contributed by atoms with van der Waals surface area (Å²) in [6.07, 6.45) is -3.12. The monoisotopic (exact) mass is 962 g/mol. The molecule has 0 aliphatic heterocycles. The molecule has 0 saturated heterocycles. The Hall–Kier alpha value is -6.93. The third-order valence-electron chi connectivity index (χ3n) is 11.3. The fourth-order valence-corrected chi connectivity index (χ4v) is 9.23. The normalized spacial score (nSPS) is 13.6. The van der Waals surface area contributed by atoms with Crippen LogP contribution in [0.2, 0.25) is 0 Å². The maximum absolute atomic E-state index is 14.4. The zero-order valence-electron chi connectivity index (χ0n) is 37.7. The van der Waals surface area contributed by atoms with E-state index in [9.17, 15) is 71.3 Å². The number of para-hydroxylation sites is 1. The summed E-state index contributed by atoms with van der Waals surface area (Å²) < 4.78 is 43.0. The van der Waals surface area contributed by atoms with Gasteiger partial charge in [0.1, 0.15) is 11.6 Å². The van der Waals surface area contributed by atoms with E-state index in [1.807, 2.05) is 0 Å². The van der Waals surface area contributed by atoms with Gasteiger partial charge in [-0.3, -0.25) is 43.2 Å². The number of rotatable bonds is 29. The van der Waals surface area contributed by atoms with E-state index in [-0.39, 0.29) is 30.6 Å². The quantitative estimate of drug-likeness (QED) is 0.0402. The summed E-state index contributed by atoms with van der Waals surface area (Å²) in [5.41, 5.74) is 2.78. The molecule has 3 aromatic carbocycles. The maximum atomic E-state index is 14.4. The number of aliphatic carboxylic acids is 3. The first kappa shape index (κ1) is 53.7. The molecule has 5 atom stereocenters. The highest BCUT2D eigenvalue weighted by atomic mass is 32.2. The third kappa shape index (κ3) is 16.7. The van der Waals surface area contributed by atoms with Gasteiger partial charge < -0.3 is 30.9 Å². The van der Waals surface area contributed by atoms with Crippen LogP contribution in [0.15, 0.2) is 77.8 Å². The van der Waals surface area contributed by atoms with Gasteiger partial charge in [0, 0.05) is 73.4 Å². The Kier molecular flexibility index (Phi) is 19.5. The lowest BCUT2D eigenvalue weighted by molar-refractivity contribution is -0.140. The number of carbonyl (C=O) groups excluding carboxylic acids is 6. The van der Waals surface area contributed by atoms with Gasteiger partial charge in [-0.2, -0.15) is 0 Å². The number of hydrogen-bond acceptors (Lipinski definition) is 11. The molecule has 0 fully saturated rings. The summed E-state index contributed by atoms with van der Waals surface area (Å²) in [7, 11) is -4.47. The molecule has 0 spiro atoms. The standard InChI is InChI=1S/C48H55FN4O14S/c1-27-15-28(2)17-37(16-27)68(66,67)53-41(24-46(62)63)43(57)23-32(12-14-45(60)61)47(64)51-26-36(55)20-33(18-30-7-6-8-35(49)19-30)48(65)52-40(21-34-25-50-39-10-5-4-9-38(34)39)42(56)22-31(29(3)54)11-13-44(58)59/h4-10,15-17,19,25,31-33,40-41,50,53H,11-14,18,20-24,26H2,1-3H3,(H,51,64)(H,52,65)(H,58,59)(H,60,61)(H,62,63)/t31-,32-,33-,40+,41-/m1/s1. The summed E-state index contributed by atoms with van der Waals surface area (Å²) in [5, 5.41) is 34.0. The largest absolute Gasteiger partial charge is 0.481 e. The Morgan fingerprint density at radius 2 is 1.29 bits per heavy atom. The number of carbonyl (C=O) groups is 9. The zero-order chi connectivity index (χ0) is 50.3. The molecule has 0 aliphatic rings. The zero-order valence-corrected chi connectivity index (χ0v) is 38.5. The number of aromatic amines is 1. The van der Waals surface area contributed by atoms with Crippen molar-refractivity contribution in [3.63, 3.8) is 0 Å². The molecule has 1 heterocycles. The van der Waals surface area contributed by atoms with E-state index < -0.39 is 144 Å². The second kappa shape index (κ2) is 24.7. The van der Waals surface area contributed by atoms with Gasteiger partial charge >= 0.3 is 17.9 Å². The van der Waals surface area contributed by atoms with Crippen LogP contribution in [0.25, 0.3) is 10.9 Å². The van der Waals surface area contributed by atoms with Gasteiger partial charge in [-0.15, -0.1) is 0 Å². The van der Waals surface area contributed by atoms with Gasteiger partial charge in [-0.1, -0.05) is 36.4 Å². The molecule has 2 amide bonds. The summed E-state index contributed by atoms with van der Waals surface area (Å²) in [5.74, 6) is -13.1. The highest BCUT2D eigenvalue weighted by Gasteiger charge is 2.34. The SMILES string of the molecule is CC(=O)[C@H](CCC(=O)O)CC(=O)[C@H](Cc1c[nH]c2ccccc12)NC(=O)[C@@H](CC(=O)CNC(=O)[C@H](CCC(=O)O)CC(=O)[C@@H](CC(=O)O)NS(=O)(=O)c1cc(C)cc(C)c1)Cc1cccc(F)c1. The minimum atomic E-state index is -4.47. The molecule has 0 aliphatic carbocycles. The lowest BCUT2D eigenvalue weighted by atomic mass is 9.88. The van der Waals surface area contributed by atoms with Crippen LogP contribution in [-0.2, 0) is 66.0 Å². The number of Topliss-reactive ketones (excluding diaryl/α,β-unsaturated/α-hetero) is 4. The Bertz CT molecular complexity index is 2640. The van der Waals surface area contributed by atoms with Crippen LogP contribution >= 0.6 is 0 Å². The number of aryl methyl sites for hydroxylation is 2. The number of hydrogen-bond donors (Lipinski definition) is 7. The van der Waals surface area contributed by atoms with Crippen LogP contribution < -0.4 is 15.4 Å². The van der Waals surface area contributed by atoms with Gasteiger partial charge in [0.25, 0.3) is 0 Å². The predicted octanol–water partition coefficient (Wildman–Crippen LogP) is 4.18. The van der Waals surface area contributed by atoms with Crippen LogP contribution in [0.1, 0.15) is 80.5 Å². The Morgan fingerprint density at radius 1 is 0.676 bits per heavy atom. The lowest BCUT2D eigenvalue weighted by Crippen LogP contribution is -2.47. The van der Waals surface area contributed by atoms with Crippen molar-refractivity contribution in [3.05, 3.63) is 101 Å². The van der Waals surface area contributed by atoms with Gasteiger partial charge in [0.15, 0.2) is 17.3 Å². The second-order valence-electron chi connectivity index (χ2n) is 16.9.